The number of hydrogen-bond donors (Lipinski definition) is 0. The predicted octanol–water partition coefficient (Wildman–Crippen LogP) is 19.9. The number of hydrogen-bond acceptors (Lipinski definition) is 0. The number of fused-ring (bicyclic) bond motifs is 8. The van der Waals surface area contributed by atoms with Gasteiger partial charge in [0.1, 0.15) is 0 Å². The van der Waals surface area contributed by atoms with E-state index in [1.165, 1.54) is 143 Å². The zero-order valence-electron chi connectivity index (χ0n) is 41.6. The van der Waals surface area contributed by atoms with Crippen LogP contribution in [0.3, 0.4) is 0 Å². The Balaban J connectivity index is 0.810. The molecule has 0 unspecified atom stereocenters. The van der Waals surface area contributed by atoms with Gasteiger partial charge in [-0.2, -0.15) is 0 Å². The lowest BCUT2D eigenvalue weighted by atomic mass is 9.85. The van der Waals surface area contributed by atoms with Gasteiger partial charge in [0.05, 0.1) is 0 Å². The van der Waals surface area contributed by atoms with Gasteiger partial charge in [0.2, 0.25) is 0 Å². The van der Waals surface area contributed by atoms with E-state index in [0.29, 0.717) is 0 Å². The highest BCUT2D eigenvalue weighted by atomic mass is 15.0. The molecule has 2 heterocycles. The molecule has 0 radical (unpaired) electrons. The summed E-state index contributed by atoms with van der Waals surface area (Å²) < 4.78 is 4.89. The van der Waals surface area contributed by atoms with E-state index in [9.17, 15) is 0 Å². The number of nitrogens with zero attached hydrogens (tertiary/aromatic N) is 2. The molecule has 12 aromatic carbocycles. The van der Waals surface area contributed by atoms with Crippen molar-refractivity contribution < 1.29 is 0 Å². The Bertz CT molecular complexity index is 4390. The molecular weight excluding hydrogens is 893 g/mol. The van der Waals surface area contributed by atoms with Crippen molar-refractivity contribution in [1.82, 2.24) is 9.13 Å². The number of benzene rings is 12. The van der Waals surface area contributed by atoms with E-state index < -0.39 is 0 Å². The molecule has 0 spiro atoms. The SMILES string of the molecule is CCn1c2ccc(-c3ccccc3)cc2c2cc(-c3ccc(-c4c5ccccc5c(-c5ccc(-c6ccc7c(c6)c6cc(-c8ccc(-c9ccccc9)cc8)ccc6n7CC)cc5)c5ccccc45)cc3)ccc21. The number of aryl methyl sites for hydroxylation is 2. The Hall–Kier alpha value is -9.24. The van der Waals surface area contributed by atoms with Crippen molar-refractivity contribution in [3.63, 3.8) is 0 Å². The van der Waals surface area contributed by atoms with Crippen molar-refractivity contribution in [3.05, 3.63) is 255 Å². The molecule has 14 rings (SSSR count). The third kappa shape index (κ3) is 7.17. The molecule has 0 aliphatic heterocycles. The zero-order chi connectivity index (χ0) is 49.3. The van der Waals surface area contributed by atoms with Gasteiger partial charge in [0.15, 0.2) is 0 Å². The summed E-state index contributed by atoms with van der Waals surface area (Å²) in [6, 6.07) is 94.7. The molecule has 0 N–H and O–H groups in total. The lowest BCUT2D eigenvalue weighted by molar-refractivity contribution is 0.827. The monoisotopic (exact) mass is 944 g/mol. The Morgan fingerprint density at radius 3 is 0.703 bits per heavy atom. The lowest BCUT2D eigenvalue weighted by Gasteiger charge is -2.18. The van der Waals surface area contributed by atoms with Crippen LogP contribution in [0.2, 0.25) is 0 Å². The van der Waals surface area contributed by atoms with Crippen molar-refractivity contribution in [1.29, 1.82) is 0 Å². The standard InChI is InChI=1S/C72H52N2/c1-3-73-67-39-35-55(48-17-9-6-10-18-48)43-63(67)64-45-57(37-41-68(64)73)51-27-31-53(32-28-51)71-59-19-11-13-21-61(59)72(62-22-14-12-20-60(62)71)54-33-29-52(30-34-54)58-38-42-70-66(46-58)65-44-56(36-40-69(65)74(70)4-2)50-25-23-49(24-26-50)47-15-7-5-8-16-47/h5-46H,3-4H2,1-2H3. The highest BCUT2D eigenvalue weighted by Crippen LogP contribution is 2.45. The summed E-state index contributed by atoms with van der Waals surface area (Å²) in [5.41, 5.74) is 22.3. The van der Waals surface area contributed by atoms with Crippen LogP contribution in [0.1, 0.15) is 13.8 Å². The Morgan fingerprint density at radius 1 is 0.203 bits per heavy atom. The molecule has 0 bridgehead atoms. The molecule has 2 aromatic heterocycles. The second kappa shape index (κ2) is 17.8. The summed E-state index contributed by atoms with van der Waals surface area (Å²) in [4.78, 5) is 0. The van der Waals surface area contributed by atoms with E-state index in [0.717, 1.165) is 13.1 Å². The first kappa shape index (κ1) is 43.5. The normalized spacial score (nSPS) is 11.8. The van der Waals surface area contributed by atoms with E-state index in [1.807, 2.05) is 0 Å². The Labute approximate surface area is 431 Å². The van der Waals surface area contributed by atoms with Crippen molar-refractivity contribution in [2.45, 2.75) is 26.9 Å². The van der Waals surface area contributed by atoms with Crippen molar-refractivity contribution in [2.24, 2.45) is 0 Å². The van der Waals surface area contributed by atoms with Gasteiger partial charge in [0.25, 0.3) is 0 Å². The summed E-state index contributed by atoms with van der Waals surface area (Å²) in [7, 11) is 0. The van der Waals surface area contributed by atoms with E-state index >= 15 is 0 Å². The zero-order valence-corrected chi connectivity index (χ0v) is 41.6. The molecule has 0 amide bonds. The van der Waals surface area contributed by atoms with E-state index in [1.54, 1.807) is 0 Å². The quantitative estimate of drug-likeness (QED) is 0.128. The third-order valence-corrected chi connectivity index (χ3v) is 15.7. The van der Waals surface area contributed by atoms with E-state index in [4.69, 9.17) is 0 Å². The maximum atomic E-state index is 2.45. The molecule has 74 heavy (non-hydrogen) atoms. The Kier molecular flexibility index (Phi) is 10.5. The molecule has 14 aromatic rings. The largest absolute Gasteiger partial charge is 0.341 e. The summed E-state index contributed by atoms with van der Waals surface area (Å²) >= 11 is 0. The van der Waals surface area contributed by atoms with Crippen molar-refractivity contribution >= 4 is 65.2 Å². The van der Waals surface area contributed by atoms with Crippen LogP contribution in [-0.4, -0.2) is 9.13 Å². The van der Waals surface area contributed by atoms with Gasteiger partial charge >= 0.3 is 0 Å². The number of aromatic nitrogens is 2. The predicted molar refractivity (Wildman–Crippen MR) is 317 cm³/mol. The summed E-state index contributed by atoms with van der Waals surface area (Å²) in [5.74, 6) is 0. The first-order chi connectivity index (χ1) is 36.6. The van der Waals surface area contributed by atoms with Gasteiger partial charge in [-0.15, -0.1) is 0 Å². The minimum absolute atomic E-state index is 0.908. The van der Waals surface area contributed by atoms with E-state index in [-0.39, 0.29) is 0 Å². The van der Waals surface area contributed by atoms with Gasteiger partial charge in [-0.3, -0.25) is 0 Å². The van der Waals surface area contributed by atoms with Gasteiger partial charge in [-0.1, -0.05) is 206 Å². The first-order valence-electron chi connectivity index (χ1n) is 26.1. The molecule has 2 nitrogen and oxygen atoms in total. The molecule has 0 saturated heterocycles. The highest BCUT2D eigenvalue weighted by Gasteiger charge is 2.19. The molecule has 0 saturated carbocycles. The molecule has 350 valence electrons. The average Bonchev–Trinajstić information content (AvgIpc) is 3.98. The fourth-order valence-electron chi connectivity index (χ4n) is 12.1. The molecule has 0 fully saturated rings. The summed E-state index contributed by atoms with van der Waals surface area (Å²) in [6.45, 7) is 6.31. The fourth-order valence-corrected chi connectivity index (χ4v) is 12.1. The maximum absolute atomic E-state index is 2.45. The van der Waals surface area contributed by atoms with Gasteiger partial charge in [-0.05, 0) is 162 Å². The van der Waals surface area contributed by atoms with Crippen LogP contribution in [0.5, 0.6) is 0 Å². The van der Waals surface area contributed by atoms with Crippen LogP contribution in [0, 0.1) is 0 Å². The summed E-state index contributed by atoms with van der Waals surface area (Å²) in [6.07, 6.45) is 0. The smallest absolute Gasteiger partial charge is 0.0491 e. The maximum Gasteiger partial charge on any atom is 0.0491 e. The minimum atomic E-state index is 0.908. The van der Waals surface area contributed by atoms with Crippen LogP contribution < -0.4 is 0 Å². The van der Waals surface area contributed by atoms with Crippen LogP contribution >= 0.6 is 0 Å². The fraction of sp³-hybridized carbons (Fsp3) is 0.0556. The van der Waals surface area contributed by atoms with Crippen LogP contribution in [0.4, 0.5) is 0 Å². The van der Waals surface area contributed by atoms with Crippen molar-refractivity contribution in [3.8, 4) is 77.9 Å². The molecular formula is C72H52N2. The third-order valence-electron chi connectivity index (χ3n) is 15.7. The molecule has 2 heteroatoms. The van der Waals surface area contributed by atoms with E-state index in [2.05, 4.69) is 278 Å². The Morgan fingerprint density at radius 2 is 0.419 bits per heavy atom. The van der Waals surface area contributed by atoms with Gasteiger partial charge < -0.3 is 9.13 Å². The molecule has 0 aliphatic carbocycles. The molecule has 0 atom stereocenters. The van der Waals surface area contributed by atoms with Crippen LogP contribution in [0.15, 0.2) is 255 Å². The van der Waals surface area contributed by atoms with Crippen molar-refractivity contribution in [2.75, 3.05) is 0 Å². The first-order valence-corrected chi connectivity index (χ1v) is 26.1. The van der Waals surface area contributed by atoms with Crippen LogP contribution in [0.25, 0.3) is 143 Å². The lowest BCUT2D eigenvalue weighted by Crippen LogP contribution is -1.93. The minimum Gasteiger partial charge on any atom is -0.341 e. The average molecular weight is 945 g/mol. The number of rotatable bonds is 9. The van der Waals surface area contributed by atoms with Crippen LogP contribution in [-0.2, 0) is 13.1 Å². The van der Waals surface area contributed by atoms with Gasteiger partial charge in [0, 0.05) is 56.7 Å². The highest BCUT2D eigenvalue weighted by molar-refractivity contribution is 6.21. The second-order valence-electron chi connectivity index (χ2n) is 19.7. The molecule has 0 aliphatic rings. The summed E-state index contributed by atoms with van der Waals surface area (Å²) in [5, 5.41) is 10.2. The topological polar surface area (TPSA) is 9.86 Å². The van der Waals surface area contributed by atoms with Gasteiger partial charge in [-0.25, -0.2) is 0 Å². The second-order valence-corrected chi connectivity index (χ2v) is 19.7.